The molecule has 23 heavy (non-hydrogen) atoms. The first-order valence-corrected chi connectivity index (χ1v) is 7.50. The Labute approximate surface area is 135 Å². The minimum atomic E-state index is -1.07. The first-order valence-electron chi connectivity index (χ1n) is 7.50. The summed E-state index contributed by atoms with van der Waals surface area (Å²) in [6.07, 6.45) is 1.49. The van der Waals surface area contributed by atoms with Gasteiger partial charge in [-0.05, 0) is 31.4 Å². The molecule has 1 amide bonds. The number of carbonyl (C=O) groups is 2. The molecule has 122 valence electrons. The van der Waals surface area contributed by atoms with E-state index >= 15 is 0 Å². The normalized spacial score (nSPS) is 12.2. The van der Waals surface area contributed by atoms with Crippen molar-refractivity contribution in [3.8, 4) is 5.69 Å². The van der Waals surface area contributed by atoms with Crippen LogP contribution in [0.2, 0.25) is 0 Å². The molecule has 0 bridgehead atoms. The van der Waals surface area contributed by atoms with Crippen LogP contribution in [-0.2, 0) is 4.79 Å². The lowest BCUT2D eigenvalue weighted by Gasteiger charge is -2.15. The van der Waals surface area contributed by atoms with Crippen molar-refractivity contribution in [2.45, 2.75) is 39.7 Å². The molecule has 1 aromatic heterocycles. The monoisotopic (exact) mass is 315 g/mol. The second-order valence-electron chi connectivity index (χ2n) is 5.83. The number of nitrogens with zero attached hydrogens (tertiary/aromatic N) is 2. The van der Waals surface area contributed by atoms with E-state index in [0.29, 0.717) is 5.56 Å². The zero-order valence-electron chi connectivity index (χ0n) is 13.7. The van der Waals surface area contributed by atoms with Gasteiger partial charge in [-0.25, -0.2) is 4.68 Å². The van der Waals surface area contributed by atoms with E-state index in [2.05, 4.69) is 10.4 Å². The summed E-state index contributed by atoms with van der Waals surface area (Å²) in [6.45, 7) is 7.36. The van der Waals surface area contributed by atoms with E-state index in [1.807, 2.05) is 45.0 Å². The minimum Gasteiger partial charge on any atom is -0.480 e. The summed E-state index contributed by atoms with van der Waals surface area (Å²) >= 11 is 0. The number of para-hydroxylation sites is 1. The summed E-state index contributed by atoms with van der Waals surface area (Å²) in [5, 5.41) is 15.8. The van der Waals surface area contributed by atoms with Gasteiger partial charge in [0.1, 0.15) is 6.04 Å². The van der Waals surface area contributed by atoms with Crippen molar-refractivity contribution in [1.82, 2.24) is 15.1 Å². The molecule has 0 aliphatic carbocycles. The van der Waals surface area contributed by atoms with Crippen LogP contribution >= 0.6 is 0 Å². The molecule has 2 rings (SSSR count). The second-order valence-corrected chi connectivity index (χ2v) is 5.83. The highest BCUT2D eigenvalue weighted by molar-refractivity contribution is 5.97. The Morgan fingerprint density at radius 3 is 2.43 bits per heavy atom. The number of nitrogens with one attached hydrogen (secondary N) is 1. The van der Waals surface area contributed by atoms with Crippen molar-refractivity contribution >= 4 is 11.9 Å². The number of aryl methyl sites for hydroxylation is 1. The predicted octanol–water partition coefficient (Wildman–Crippen LogP) is 2.51. The fourth-order valence-corrected chi connectivity index (χ4v) is 2.42. The van der Waals surface area contributed by atoms with E-state index in [4.69, 9.17) is 5.11 Å². The number of carboxylic acid groups (broad SMARTS) is 1. The second kappa shape index (κ2) is 6.64. The minimum absolute atomic E-state index is 0.0537. The quantitative estimate of drug-likeness (QED) is 0.888. The van der Waals surface area contributed by atoms with Gasteiger partial charge < -0.3 is 10.4 Å². The molecular weight excluding hydrogens is 294 g/mol. The van der Waals surface area contributed by atoms with Crippen LogP contribution in [0.5, 0.6) is 0 Å². The Hall–Kier alpha value is -2.63. The smallest absolute Gasteiger partial charge is 0.325 e. The molecule has 0 saturated carbocycles. The molecular formula is C17H21N3O3. The summed E-state index contributed by atoms with van der Waals surface area (Å²) < 4.78 is 1.75. The van der Waals surface area contributed by atoms with E-state index in [1.165, 1.54) is 13.1 Å². The van der Waals surface area contributed by atoms with Gasteiger partial charge in [0, 0.05) is 0 Å². The molecule has 1 aromatic carbocycles. The molecule has 0 unspecified atom stereocenters. The van der Waals surface area contributed by atoms with Crippen molar-refractivity contribution in [3.63, 3.8) is 0 Å². The van der Waals surface area contributed by atoms with E-state index in [-0.39, 0.29) is 5.92 Å². The highest BCUT2D eigenvalue weighted by atomic mass is 16.4. The van der Waals surface area contributed by atoms with Gasteiger partial charge in [-0.2, -0.15) is 5.10 Å². The van der Waals surface area contributed by atoms with Crippen LogP contribution in [0, 0.1) is 6.92 Å². The first-order chi connectivity index (χ1) is 10.8. The Bertz CT molecular complexity index is 734. The summed E-state index contributed by atoms with van der Waals surface area (Å²) in [5.41, 5.74) is 3.11. The number of rotatable bonds is 5. The fraction of sp³-hybridized carbons (Fsp3) is 0.353. The standard InChI is InChI=1S/C17H21N3O3/c1-10(2)15-13(16(21)19-12(4)17(22)23)9-18-20(15)14-8-6-5-7-11(14)3/h5-10,12H,1-4H3,(H,19,21)(H,22,23)/t12-/m1/s1. The molecule has 1 heterocycles. The lowest BCUT2D eigenvalue weighted by Crippen LogP contribution is -2.38. The number of aromatic nitrogens is 2. The molecule has 6 heteroatoms. The Morgan fingerprint density at radius 1 is 1.22 bits per heavy atom. The molecule has 0 aliphatic heterocycles. The number of benzene rings is 1. The van der Waals surface area contributed by atoms with E-state index in [0.717, 1.165) is 16.9 Å². The van der Waals surface area contributed by atoms with Crippen LogP contribution in [0.4, 0.5) is 0 Å². The topological polar surface area (TPSA) is 84.2 Å². The Kier molecular flexibility index (Phi) is 4.83. The van der Waals surface area contributed by atoms with Gasteiger partial charge in [0.05, 0.1) is 23.1 Å². The molecule has 1 atom stereocenters. The third-order valence-electron chi connectivity index (χ3n) is 3.66. The van der Waals surface area contributed by atoms with E-state index in [1.54, 1.807) is 4.68 Å². The van der Waals surface area contributed by atoms with Crippen molar-refractivity contribution < 1.29 is 14.7 Å². The van der Waals surface area contributed by atoms with Crippen molar-refractivity contribution in [1.29, 1.82) is 0 Å². The zero-order valence-corrected chi connectivity index (χ0v) is 13.7. The van der Waals surface area contributed by atoms with Crippen LogP contribution in [0.1, 0.15) is 48.3 Å². The Morgan fingerprint density at radius 2 is 1.87 bits per heavy atom. The number of hydrogen-bond acceptors (Lipinski definition) is 3. The summed E-state index contributed by atoms with van der Waals surface area (Å²) in [4.78, 5) is 23.3. The first kappa shape index (κ1) is 16.7. The van der Waals surface area contributed by atoms with Gasteiger partial charge in [0.15, 0.2) is 0 Å². The molecule has 0 radical (unpaired) electrons. The molecule has 0 spiro atoms. The third kappa shape index (κ3) is 3.41. The Balaban J connectivity index is 2.46. The fourth-order valence-electron chi connectivity index (χ4n) is 2.42. The highest BCUT2D eigenvalue weighted by Gasteiger charge is 2.23. The number of hydrogen-bond donors (Lipinski definition) is 2. The number of aliphatic carboxylic acids is 1. The summed E-state index contributed by atoms with van der Waals surface area (Å²) in [7, 11) is 0. The average Bonchev–Trinajstić information content (AvgIpc) is 2.92. The van der Waals surface area contributed by atoms with Gasteiger partial charge in [-0.15, -0.1) is 0 Å². The van der Waals surface area contributed by atoms with Crippen LogP contribution in [0.3, 0.4) is 0 Å². The maximum absolute atomic E-state index is 12.4. The molecule has 0 saturated heterocycles. The lowest BCUT2D eigenvalue weighted by molar-refractivity contribution is -0.138. The average molecular weight is 315 g/mol. The van der Waals surface area contributed by atoms with Gasteiger partial charge in [0.2, 0.25) is 0 Å². The predicted molar refractivity (Wildman–Crippen MR) is 87.0 cm³/mol. The zero-order chi connectivity index (χ0) is 17.1. The SMILES string of the molecule is Cc1ccccc1-n1ncc(C(=O)N[C@H](C)C(=O)O)c1C(C)C. The number of carbonyl (C=O) groups excluding carboxylic acids is 1. The van der Waals surface area contributed by atoms with Crippen molar-refractivity contribution in [2.75, 3.05) is 0 Å². The largest absolute Gasteiger partial charge is 0.480 e. The maximum atomic E-state index is 12.4. The lowest BCUT2D eigenvalue weighted by atomic mass is 10.0. The maximum Gasteiger partial charge on any atom is 0.325 e. The number of carboxylic acids is 1. The van der Waals surface area contributed by atoms with Crippen LogP contribution in [0.15, 0.2) is 30.5 Å². The van der Waals surface area contributed by atoms with Crippen LogP contribution in [0.25, 0.3) is 5.69 Å². The third-order valence-corrected chi connectivity index (χ3v) is 3.66. The van der Waals surface area contributed by atoms with Gasteiger partial charge in [0.25, 0.3) is 5.91 Å². The van der Waals surface area contributed by atoms with Crippen molar-refractivity contribution in [2.24, 2.45) is 0 Å². The highest BCUT2D eigenvalue weighted by Crippen LogP contribution is 2.24. The van der Waals surface area contributed by atoms with E-state index < -0.39 is 17.9 Å². The molecule has 2 N–H and O–H groups in total. The van der Waals surface area contributed by atoms with Crippen LogP contribution in [-0.4, -0.2) is 32.8 Å². The number of amides is 1. The molecule has 2 aromatic rings. The summed E-state index contributed by atoms with van der Waals surface area (Å²) in [5.74, 6) is -1.45. The van der Waals surface area contributed by atoms with Crippen molar-refractivity contribution in [3.05, 3.63) is 47.3 Å². The van der Waals surface area contributed by atoms with Gasteiger partial charge >= 0.3 is 5.97 Å². The van der Waals surface area contributed by atoms with Gasteiger partial charge in [-0.1, -0.05) is 32.0 Å². The molecule has 6 nitrogen and oxygen atoms in total. The van der Waals surface area contributed by atoms with Crippen LogP contribution < -0.4 is 5.32 Å². The van der Waals surface area contributed by atoms with Gasteiger partial charge in [-0.3, -0.25) is 9.59 Å². The molecule has 0 aliphatic rings. The van der Waals surface area contributed by atoms with E-state index in [9.17, 15) is 9.59 Å². The summed E-state index contributed by atoms with van der Waals surface area (Å²) in [6, 6.07) is 6.83. The molecule has 0 fully saturated rings.